The predicted octanol–water partition coefficient (Wildman–Crippen LogP) is 7.99. The lowest BCUT2D eigenvalue weighted by Gasteiger charge is -2.56. The molecular weight excluding hydrogens is 643 g/mol. The summed E-state index contributed by atoms with van der Waals surface area (Å²) in [5.41, 5.74) is 2.53. The van der Waals surface area contributed by atoms with E-state index < -0.39 is 51.6 Å². The van der Waals surface area contributed by atoms with E-state index in [1.54, 1.807) is 0 Å². The van der Waals surface area contributed by atoms with Crippen LogP contribution in [0, 0.1) is 0 Å². The molecule has 3 aromatic carbocycles. The van der Waals surface area contributed by atoms with Crippen LogP contribution >= 0.6 is 7.60 Å². The Morgan fingerprint density at radius 2 is 1.19 bits per heavy atom. The third-order valence-electron chi connectivity index (χ3n) is 8.36. The van der Waals surface area contributed by atoms with Gasteiger partial charge < -0.3 is 32.7 Å². The van der Waals surface area contributed by atoms with Gasteiger partial charge in [0.1, 0.15) is 24.4 Å². The molecule has 0 saturated carbocycles. The molecule has 4 rings (SSSR count). The second-order valence-corrected chi connectivity index (χ2v) is 18.9. The summed E-state index contributed by atoms with van der Waals surface area (Å²) in [6, 6.07) is 30.2. The average Bonchev–Trinajstić information content (AvgIpc) is 3.05. The highest BCUT2D eigenvalue weighted by atomic mass is 31.2. The van der Waals surface area contributed by atoms with Gasteiger partial charge in [0.05, 0.1) is 65.4 Å². The van der Waals surface area contributed by atoms with Gasteiger partial charge in [0.2, 0.25) is 0 Å². The molecule has 0 bridgehead atoms. The second kappa shape index (κ2) is 18.2. The molecule has 1 aliphatic heterocycles. The largest absolute Gasteiger partial charge is 0.374 e. The molecule has 0 aliphatic carbocycles. The van der Waals surface area contributed by atoms with Crippen LogP contribution < -0.4 is 0 Å². The van der Waals surface area contributed by atoms with Crippen molar-refractivity contribution in [1.29, 1.82) is 0 Å². The Kier molecular flexibility index (Phi) is 14.6. The summed E-state index contributed by atoms with van der Waals surface area (Å²) >= 11 is 0. The molecule has 10 heteroatoms. The quantitative estimate of drug-likeness (QED) is 0.0978. The molecule has 1 saturated heterocycles. The van der Waals surface area contributed by atoms with Crippen molar-refractivity contribution in [2.75, 3.05) is 26.0 Å². The van der Waals surface area contributed by atoms with E-state index in [1.807, 2.05) is 126 Å². The maximum atomic E-state index is 14.4. The van der Waals surface area contributed by atoms with Crippen LogP contribution in [0.2, 0.25) is 13.1 Å². The number of benzene rings is 3. The standard InChI is InChI=1S/C38H55O8PSi/c1-8-43-47(39,44-9-2)29-38(48(6)7)36(46-37(3,4)5)35(42-27-32-23-17-12-18-24-32)34(41-26-31-21-15-11-16-22-31)33(45-38)28-40-25-30-19-13-10-14-20-30/h10-24,33-36,48H,8-9,25-29H2,1-7H3/t33-,34-,35+,36-,38-/m1/s1. The highest BCUT2D eigenvalue weighted by Crippen LogP contribution is 2.55. The first-order chi connectivity index (χ1) is 23.0. The highest BCUT2D eigenvalue weighted by molar-refractivity contribution is 7.54. The molecule has 0 spiro atoms. The second-order valence-electron chi connectivity index (χ2n) is 13.5. The Bertz CT molecular complexity index is 1380. The molecule has 264 valence electrons. The van der Waals surface area contributed by atoms with E-state index >= 15 is 0 Å². The smallest absolute Gasteiger partial charge is 0.333 e. The molecule has 3 aromatic rings. The van der Waals surface area contributed by atoms with E-state index in [2.05, 4.69) is 13.1 Å². The van der Waals surface area contributed by atoms with Crippen molar-refractivity contribution in [3.63, 3.8) is 0 Å². The van der Waals surface area contributed by atoms with Crippen LogP contribution in [-0.2, 0) is 57.1 Å². The van der Waals surface area contributed by atoms with E-state index in [0.717, 1.165) is 16.7 Å². The van der Waals surface area contributed by atoms with Gasteiger partial charge in [0, 0.05) is 0 Å². The first-order valence-corrected chi connectivity index (χ1v) is 21.8. The molecular formula is C38H55O8PSi. The van der Waals surface area contributed by atoms with Crippen LogP contribution in [0.25, 0.3) is 0 Å². The number of ether oxygens (including phenoxy) is 5. The van der Waals surface area contributed by atoms with E-state index in [0.29, 0.717) is 19.8 Å². The molecule has 0 unspecified atom stereocenters. The lowest BCUT2D eigenvalue weighted by atomic mass is 9.93. The van der Waals surface area contributed by atoms with Crippen LogP contribution in [0.3, 0.4) is 0 Å². The molecule has 0 N–H and O–H groups in total. The summed E-state index contributed by atoms with van der Waals surface area (Å²) in [4.78, 5) is 0. The van der Waals surface area contributed by atoms with Gasteiger partial charge in [0.15, 0.2) is 0 Å². The summed E-state index contributed by atoms with van der Waals surface area (Å²) in [7, 11) is -5.54. The maximum absolute atomic E-state index is 14.4. The summed E-state index contributed by atoms with van der Waals surface area (Å²) in [6.45, 7) is 15.9. The Balaban J connectivity index is 1.81. The van der Waals surface area contributed by atoms with Gasteiger partial charge in [-0.25, -0.2) is 0 Å². The Morgan fingerprint density at radius 1 is 0.729 bits per heavy atom. The van der Waals surface area contributed by atoms with E-state index in [4.69, 9.17) is 32.7 Å². The zero-order valence-corrected chi connectivity index (χ0v) is 31.8. The number of hydrogen-bond donors (Lipinski definition) is 0. The van der Waals surface area contributed by atoms with Crippen LogP contribution in [0.5, 0.6) is 0 Å². The van der Waals surface area contributed by atoms with Gasteiger partial charge in [-0.05, 0) is 51.3 Å². The zero-order chi connectivity index (χ0) is 34.6. The maximum Gasteiger partial charge on any atom is 0.333 e. The minimum atomic E-state index is -3.60. The first kappa shape index (κ1) is 38.6. The van der Waals surface area contributed by atoms with Gasteiger partial charge in [0.25, 0.3) is 0 Å². The molecule has 0 aromatic heterocycles. The van der Waals surface area contributed by atoms with Gasteiger partial charge in [-0.3, -0.25) is 4.57 Å². The van der Waals surface area contributed by atoms with Crippen LogP contribution in [0.4, 0.5) is 0 Å². The monoisotopic (exact) mass is 698 g/mol. The van der Waals surface area contributed by atoms with E-state index in [-0.39, 0.29) is 26.0 Å². The van der Waals surface area contributed by atoms with Crippen LogP contribution in [0.15, 0.2) is 91.0 Å². The van der Waals surface area contributed by atoms with Crippen molar-refractivity contribution in [2.45, 2.75) is 103 Å². The fourth-order valence-electron chi connectivity index (χ4n) is 6.14. The molecule has 1 heterocycles. The Hall–Kier alpha value is -2.17. The molecule has 5 atom stereocenters. The SMILES string of the molecule is CCOP(=O)(C[C@]1([SiH](C)C)O[C@H](COCc2ccccc2)[C@@H](OCc2ccccc2)[C@H](OCc2ccccc2)[C@H]1OC(C)(C)C)OCC. The van der Waals surface area contributed by atoms with Crippen molar-refractivity contribution in [2.24, 2.45) is 0 Å². The number of rotatable bonds is 18. The minimum Gasteiger partial charge on any atom is -0.374 e. The van der Waals surface area contributed by atoms with Crippen molar-refractivity contribution in [1.82, 2.24) is 0 Å². The Morgan fingerprint density at radius 3 is 1.62 bits per heavy atom. The molecule has 1 fully saturated rings. The van der Waals surface area contributed by atoms with Gasteiger partial charge in [-0.1, -0.05) is 104 Å². The number of hydrogen-bond acceptors (Lipinski definition) is 8. The van der Waals surface area contributed by atoms with Crippen LogP contribution in [-0.4, -0.2) is 70.0 Å². The highest BCUT2D eigenvalue weighted by Gasteiger charge is 2.61. The normalized spacial score (nSPS) is 23.4. The molecule has 8 nitrogen and oxygen atoms in total. The summed E-state index contributed by atoms with van der Waals surface area (Å²) in [5.74, 6) is 0. The summed E-state index contributed by atoms with van der Waals surface area (Å²) in [5, 5.41) is -1.01. The van der Waals surface area contributed by atoms with Gasteiger partial charge in [-0.2, -0.15) is 0 Å². The van der Waals surface area contributed by atoms with Crippen molar-refractivity contribution in [3.05, 3.63) is 108 Å². The Labute approximate surface area is 289 Å². The van der Waals surface area contributed by atoms with Crippen LogP contribution in [0.1, 0.15) is 51.3 Å². The minimum absolute atomic E-state index is 0.0398. The van der Waals surface area contributed by atoms with Crippen molar-refractivity contribution < 1.29 is 37.3 Å². The third-order valence-corrected chi connectivity index (χ3v) is 13.5. The average molecular weight is 699 g/mol. The molecule has 48 heavy (non-hydrogen) atoms. The summed E-state index contributed by atoms with van der Waals surface area (Å²) in [6.07, 6.45) is -2.34. The fraction of sp³-hybridized carbons (Fsp3) is 0.526. The topological polar surface area (TPSA) is 81.7 Å². The van der Waals surface area contributed by atoms with Gasteiger partial charge in [-0.15, -0.1) is 0 Å². The van der Waals surface area contributed by atoms with E-state index in [9.17, 15) is 4.57 Å². The third kappa shape index (κ3) is 10.9. The van der Waals surface area contributed by atoms with Crippen molar-refractivity contribution >= 4 is 16.4 Å². The summed E-state index contributed by atoms with van der Waals surface area (Å²) < 4.78 is 60.6. The molecule has 0 radical (unpaired) electrons. The lowest BCUT2D eigenvalue weighted by Crippen LogP contribution is -2.73. The molecule has 1 aliphatic rings. The first-order valence-electron chi connectivity index (χ1n) is 17.1. The zero-order valence-electron chi connectivity index (χ0n) is 29.7. The lowest BCUT2D eigenvalue weighted by molar-refractivity contribution is -0.295. The fourth-order valence-corrected chi connectivity index (χ4v) is 11.5. The van der Waals surface area contributed by atoms with Crippen molar-refractivity contribution in [3.8, 4) is 0 Å². The molecule has 0 amide bonds. The predicted molar refractivity (Wildman–Crippen MR) is 193 cm³/mol. The van der Waals surface area contributed by atoms with E-state index in [1.165, 1.54) is 0 Å². The van der Waals surface area contributed by atoms with Gasteiger partial charge >= 0.3 is 7.60 Å².